The maximum absolute atomic E-state index is 12.5. The molecule has 0 spiro atoms. The van der Waals surface area contributed by atoms with Crippen molar-refractivity contribution in [3.05, 3.63) is 47.9 Å². The number of alkyl halides is 3. The number of hydrogen-bond acceptors (Lipinski definition) is 4. The summed E-state index contributed by atoms with van der Waals surface area (Å²) in [5.41, 5.74) is 1.75. The van der Waals surface area contributed by atoms with Crippen molar-refractivity contribution in [2.75, 3.05) is 6.54 Å². The number of nitrogens with zero attached hydrogens (tertiary/aromatic N) is 3. The lowest BCUT2D eigenvalue weighted by Crippen LogP contribution is -2.32. The zero-order valence-electron chi connectivity index (χ0n) is 14.2. The van der Waals surface area contributed by atoms with Crippen molar-refractivity contribution in [2.24, 2.45) is 5.92 Å². The van der Waals surface area contributed by atoms with Crippen LogP contribution in [0, 0.1) is 5.92 Å². The van der Waals surface area contributed by atoms with E-state index >= 15 is 0 Å². The Labute approximate surface area is 148 Å². The molecule has 0 bridgehead atoms. The van der Waals surface area contributed by atoms with E-state index in [1.807, 2.05) is 0 Å². The second-order valence-electron chi connectivity index (χ2n) is 6.53. The first-order valence-electron chi connectivity index (χ1n) is 8.19. The zero-order chi connectivity index (χ0) is 18.9. The number of amides is 1. The van der Waals surface area contributed by atoms with Gasteiger partial charge in [0, 0.05) is 24.2 Å². The normalized spacial score (nSPS) is 14.3. The van der Waals surface area contributed by atoms with Gasteiger partial charge in [-0.15, -0.1) is 0 Å². The molecule has 0 aliphatic heterocycles. The fourth-order valence-corrected chi connectivity index (χ4v) is 2.54. The molecule has 1 aliphatic carbocycles. The lowest BCUT2D eigenvalue weighted by atomic mass is 10.1. The van der Waals surface area contributed by atoms with Crippen LogP contribution in [0.2, 0.25) is 0 Å². The summed E-state index contributed by atoms with van der Waals surface area (Å²) in [5, 5.41) is 3.36. The van der Waals surface area contributed by atoms with Gasteiger partial charge in [-0.3, -0.25) is 4.79 Å². The first-order chi connectivity index (χ1) is 12.2. The predicted octanol–water partition coefficient (Wildman–Crippen LogP) is 4.07. The number of rotatable bonds is 6. The van der Waals surface area contributed by atoms with Crippen LogP contribution in [-0.4, -0.2) is 27.5 Å². The van der Waals surface area contributed by atoms with Crippen LogP contribution in [0.15, 0.2) is 40.9 Å². The van der Waals surface area contributed by atoms with Crippen molar-refractivity contribution in [3.8, 4) is 11.4 Å². The third-order valence-corrected chi connectivity index (χ3v) is 4.08. The highest BCUT2D eigenvalue weighted by atomic mass is 19.4. The van der Waals surface area contributed by atoms with Gasteiger partial charge in [-0.25, -0.2) is 0 Å². The Morgan fingerprint density at radius 3 is 2.46 bits per heavy atom. The predicted molar refractivity (Wildman–Crippen MR) is 87.7 cm³/mol. The summed E-state index contributed by atoms with van der Waals surface area (Å²) in [5.74, 6) is -1.05. The highest BCUT2D eigenvalue weighted by Gasteiger charge is 2.38. The lowest BCUT2D eigenvalue weighted by molar-refractivity contribution is -0.159. The monoisotopic (exact) mass is 365 g/mol. The summed E-state index contributed by atoms with van der Waals surface area (Å²) in [6, 6.07) is 6.71. The molecule has 0 N–H and O–H groups in total. The topological polar surface area (TPSA) is 59.2 Å². The molecule has 1 saturated carbocycles. The zero-order valence-corrected chi connectivity index (χ0v) is 14.2. The molecule has 0 atom stereocenters. The summed E-state index contributed by atoms with van der Waals surface area (Å²) < 4.78 is 41.8. The molecular weight excluding hydrogens is 347 g/mol. The van der Waals surface area contributed by atoms with Crippen LogP contribution in [0.3, 0.4) is 0 Å². The van der Waals surface area contributed by atoms with Crippen molar-refractivity contribution in [1.29, 1.82) is 0 Å². The standard InChI is InChI=1S/C18H18F3N3O2/c1-11(2)16(25)24(9-12-3-4-12)10-13-5-7-14(8-6-13)15-22-17(26-23-15)18(19,20)21/h5-8,12H,1,3-4,9-10H2,2H3. The first kappa shape index (κ1) is 18.2. The van der Waals surface area contributed by atoms with Crippen molar-refractivity contribution < 1.29 is 22.5 Å². The first-order valence-corrected chi connectivity index (χ1v) is 8.19. The fraction of sp³-hybridized carbons (Fsp3) is 0.389. The van der Waals surface area contributed by atoms with E-state index in [1.165, 1.54) is 0 Å². The Morgan fingerprint density at radius 2 is 1.96 bits per heavy atom. The molecule has 26 heavy (non-hydrogen) atoms. The summed E-state index contributed by atoms with van der Waals surface area (Å²) >= 11 is 0. The second-order valence-corrected chi connectivity index (χ2v) is 6.53. The number of aromatic nitrogens is 2. The van der Waals surface area contributed by atoms with Crippen LogP contribution in [0.4, 0.5) is 13.2 Å². The van der Waals surface area contributed by atoms with E-state index in [2.05, 4.69) is 21.2 Å². The van der Waals surface area contributed by atoms with Crippen molar-refractivity contribution in [1.82, 2.24) is 15.0 Å². The Bertz CT molecular complexity index is 808. The molecule has 1 aromatic heterocycles. The molecule has 0 radical (unpaired) electrons. The molecule has 5 nitrogen and oxygen atoms in total. The van der Waals surface area contributed by atoms with E-state index < -0.39 is 12.1 Å². The van der Waals surface area contributed by atoms with E-state index in [4.69, 9.17) is 0 Å². The van der Waals surface area contributed by atoms with Crippen LogP contribution in [0.1, 0.15) is 31.2 Å². The van der Waals surface area contributed by atoms with E-state index in [9.17, 15) is 18.0 Å². The fourth-order valence-electron chi connectivity index (χ4n) is 2.54. The highest BCUT2D eigenvalue weighted by Crippen LogP contribution is 2.31. The second kappa shape index (κ2) is 6.93. The maximum atomic E-state index is 12.5. The van der Waals surface area contributed by atoms with Crippen LogP contribution in [0.25, 0.3) is 11.4 Å². The van der Waals surface area contributed by atoms with Gasteiger partial charge in [0.15, 0.2) is 0 Å². The smallest absolute Gasteiger partial charge is 0.334 e. The van der Waals surface area contributed by atoms with Gasteiger partial charge < -0.3 is 9.42 Å². The molecule has 8 heteroatoms. The number of carbonyl (C=O) groups excluding carboxylic acids is 1. The summed E-state index contributed by atoms with van der Waals surface area (Å²) in [7, 11) is 0. The number of halogens is 3. The highest BCUT2D eigenvalue weighted by molar-refractivity contribution is 5.92. The molecule has 138 valence electrons. The summed E-state index contributed by atoms with van der Waals surface area (Å²) in [4.78, 5) is 17.4. The maximum Gasteiger partial charge on any atom is 0.471 e. The van der Waals surface area contributed by atoms with Crippen LogP contribution >= 0.6 is 0 Å². The van der Waals surface area contributed by atoms with Gasteiger partial charge in [-0.2, -0.15) is 18.2 Å². The summed E-state index contributed by atoms with van der Waals surface area (Å²) in [6.45, 7) is 6.50. The van der Waals surface area contributed by atoms with E-state index in [1.54, 1.807) is 36.1 Å². The SMILES string of the molecule is C=C(C)C(=O)N(Cc1ccc(-c2noc(C(F)(F)F)n2)cc1)CC1CC1. The van der Waals surface area contributed by atoms with Gasteiger partial charge in [0.2, 0.25) is 11.7 Å². The Morgan fingerprint density at radius 1 is 1.31 bits per heavy atom. The molecule has 0 unspecified atom stereocenters. The third kappa shape index (κ3) is 4.30. The van der Waals surface area contributed by atoms with Crippen LogP contribution in [0.5, 0.6) is 0 Å². The quantitative estimate of drug-likeness (QED) is 0.724. The van der Waals surface area contributed by atoms with Crippen molar-refractivity contribution >= 4 is 5.91 Å². The van der Waals surface area contributed by atoms with E-state index in [0.29, 0.717) is 30.1 Å². The molecule has 2 aromatic rings. The van der Waals surface area contributed by atoms with Gasteiger partial charge in [0.25, 0.3) is 0 Å². The Kier molecular flexibility index (Phi) is 4.84. The minimum atomic E-state index is -4.67. The largest absolute Gasteiger partial charge is 0.471 e. The molecule has 1 fully saturated rings. The van der Waals surface area contributed by atoms with E-state index in [-0.39, 0.29) is 11.7 Å². The molecular formula is C18H18F3N3O2. The minimum Gasteiger partial charge on any atom is -0.334 e. The average Bonchev–Trinajstić information content (AvgIpc) is 3.24. The molecule has 1 aromatic carbocycles. The molecule has 1 heterocycles. The van der Waals surface area contributed by atoms with Crippen LogP contribution in [-0.2, 0) is 17.5 Å². The van der Waals surface area contributed by atoms with Gasteiger partial charge in [0.05, 0.1) is 0 Å². The Balaban J connectivity index is 1.72. The number of carbonyl (C=O) groups is 1. The Hall–Kier alpha value is -2.64. The summed E-state index contributed by atoms with van der Waals surface area (Å²) in [6.07, 6.45) is -2.42. The number of hydrogen-bond donors (Lipinski definition) is 0. The van der Waals surface area contributed by atoms with Crippen molar-refractivity contribution in [2.45, 2.75) is 32.5 Å². The minimum absolute atomic E-state index is 0.0889. The molecule has 0 saturated heterocycles. The van der Waals surface area contributed by atoms with Gasteiger partial charge in [-0.1, -0.05) is 36.0 Å². The van der Waals surface area contributed by atoms with E-state index in [0.717, 1.165) is 18.4 Å². The van der Waals surface area contributed by atoms with Crippen molar-refractivity contribution in [3.63, 3.8) is 0 Å². The van der Waals surface area contributed by atoms with Gasteiger partial charge in [0.1, 0.15) is 0 Å². The lowest BCUT2D eigenvalue weighted by Gasteiger charge is -2.23. The van der Waals surface area contributed by atoms with Gasteiger partial charge >= 0.3 is 12.1 Å². The number of benzene rings is 1. The van der Waals surface area contributed by atoms with Gasteiger partial charge in [-0.05, 0) is 31.2 Å². The average molecular weight is 365 g/mol. The molecule has 1 amide bonds. The molecule has 3 rings (SSSR count). The molecule has 1 aliphatic rings. The third-order valence-electron chi connectivity index (χ3n) is 4.08. The van der Waals surface area contributed by atoms with Crippen LogP contribution < -0.4 is 0 Å².